The maximum absolute atomic E-state index is 14.9. The van der Waals surface area contributed by atoms with Crippen LogP contribution in [0.4, 0.5) is 10.2 Å². The zero-order valence-electron chi connectivity index (χ0n) is 17.2. The van der Waals surface area contributed by atoms with Crippen molar-refractivity contribution in [3.05, 3.63) is 36.0 Å². The highest BCUT2D eigenvalue weighted by Gasteiger charge is 2.46. The molecule has 2 N–H and O–H groups in total. The summed E-state index contributed by atoms with van der Waals surface area (Å²) in [5.41, 5.74) is 8.44. The molecule has 1 aliphatic carbocycles. The number of alkyl halides is 1. The van der Waals surface area contributed by atoms with Crippen molar-refractivity contribution in [3.63, 3.8) is 0 Å². The number of aromatic nitrogens is 4. The monoisotopic (exact) mass is 414 g/mol. The van der Waals surface area contributed by atoms with Crippen LogP contribution < -0.4 is 15.8 Å². The van der Waals surface area contributed by atoms with Crippen molar-refractivity contribution in [1.29, 1.82) is 0 Å². The fourth-order valence-corrected chi connectivity index (χ4v) is 4.95. The van der Waals surface area contributed by atoms with Crippen LogP contribution in [0.1, 0.15) is 36.1 Å². The average molecular weight is 414 g/mol. The van der Waals surface area contributed by atoms with Gasteiger partial charge >= 0.3 is 0 Å². The Morgan fingerprint density at radius 2 is 2.03 bits per heavy atom. The smallest absolute Gasteiger partial charge is 0.241 e. The molecule has 10 heteroatoms. The molecule has 0 spiro atoms. The first-order valence-electron chi connectivity index (χ1n) is 10.4. The molecule has 4 heterocycles. The normalized spacial score (nSPS) is 31.8. The van der Waals surface area contributed by atoms with Crippen LogP contribution in [0.2, 0.25) is 0 Å². The Morgan fingerprint density at radius 3 is 2.80 bits per heavy atom. The van der Waals surface area contributed by atoms with E-state index in [1.807, 2.05) is 31.3 Å². The van der Waals surface area contributed by atoms with E-state index in [0.717, 1.165) is 23.6 Å². The molecule has 3 fully saturated rings. The van der Waals surface area contributed by atoms with E-state index in [9.17, 15) is 9.18 Å². The predicted molar refractivity (Wildman–Crippen MR) is 108 cm³/mol. The van der Waals surface area contributed by atoms with Crippen LogP contribution in [0.3, 0.4) is 0 Å². The number of nitrogens with zero attached hydrogens (tertiary/aromatic N) is 6. The van der Waals surface area contributed by atoms with Crippen molar-refractivity contribution >= 4 is 11.7 Å². The molecular weight excluding hydrogens is 387 g/mol. The van der Waals surface area contributed by atoms with Crippen molar-refractivity contribution < 1.29 is 9.18 Å². The summed E-state index contributed by atoms with van der Waals surface area (Å²) in [6.45, 7) is 1.74. The van der Waals surface area contributed by atoms with Gasteiger partial charge in [-0.25, -0.2) is 19.8 Å². The maximum atomic E-state index is 14.9. The lowest BCUT2D eigenvalue weighted by molar-refractivity contribution is -0.129. The summed E-state index contributed by atoms with van der Waals surface area (Å²) >= 11 is 0. The standard InChI is InChI=1S/C20H27FN8O/c1-27-3-4-29(10-19(27)30)18-7-17(22-11-23-18)20-14-5-13(12-8-24-28(2)9-12)15(21)6-16(14)25-26-20/h7-9,11,13-16,20,25-26H,3-6,10H2,1-2H3. The lowest BCUT2D eigenvalue weighted by Crippen LogP contribution is -2.48. The molecule has 1 saturated carbocycles. The number of anilines is 1. The number of carbonyl (C=O) groups excluding carboxylic acids is 1. The molecule has 5 unspecified atom stereocenters. The Labute approximate surface area is 174 Å². The van der Waals surface area contributed by atoms with Gasteiger partial charge in [0.05, 0.1) is 24.5 Å². The summed E-state index contributed by atoms with van der Waals surface area (Å²) in [5.74, 6) is 0.886. The highest BCUT2D eigenvalue weighted by Crippen LogP contribution is 2.45. The Balaban J connectivity index is 1.36. The first-order valence-corrected chi connectivity index (χ1v) is 10.4. The third-order valence-electron chi connectivity index (χ3n) is 6.74. The molecule has 0 bridgehead atoms. The molecule has 2 aromatic rings. The quantitative estimate of drug-likeness (QED) is 0.757. The van der Waals surface area contributed by atoms with Crippen molar-refractivity contribution in [2.45, 2.75) is 37.0 Å². The summed E-state index contributed by atoms with van der Waals surface area (Å²) in [7, 11) is 3.68. The number of halogens is 1. The Morgan fingerprint density at radius 1 is 1.17 bits per heavy atom. The number of aryl methyl sites for hydroxylation is 1. The van der Waals surface area contributed by atoms with E-state index in [0.29, 0.717) is 25.9 Å². The number of hydrazine groups is 1. The molecular formula is C20H27FN8O. The van der Waals surface area contributed by atoms with E-state index in [2.05, 4.69) is 25.9 Å². The van der Waals surface area contributed by atoms with Gasteiger partial charge in [-0.3, -0.25) is 14.9 Å². The molecule has 1 amide bonds. The SMILES string of the molecule is CN1CCN(c2cc(C3NNC4CC(F)C(c5cnn(C)c5)CC43)ncn2)CC1=O. The predicted octanol–water partition coefficient (Wildman–Crippen LogP) is 0.538. The second kappa shape index (κ2) is 7.59. The number of likely N-dealkylation sites (N-methyl/N-ethyl adjacent to an activating group) is 1. The molecule has 30 heavy (non-hydrogen) atoms. The fraction of sp³-hybridized carbons (Fsp3) is 0.600. The van der Waals surface area contributed by atoms with Gasteiger partial charge in [0.1, 0.15) is 18.3 Å². The Hall–Kier alpha value is -2.59. The molecule has 2 saturated heterocycles. The van der Waals surface area contributed by atoms with E-state index in [1.54, 1.807) is 22.1 Å². The summed E-state index contributed by atoms with van der Waals surface area (Å²) in [6, 6.07) is 1.98. The molecule has 5 atom stereocenters. The lowest BCUT2D eigenvalue weighted by atomic mass is 9.72. The second-order valence-corrected chi connectivity index (χ2v) is 8.62. The molecule has 2 aromatic heterocycles. The summed E-state index contributed by atoms with van der Waals surface area (Å²) in [5, 5.41) is 4.23. The van der Waals surface area contributed by atoms with E-state index in [-0.39, 0.29) is 29.8 Å². The molecule has 3 aliphatic rings. The largest absolute Gasteiger partial charge is 0.345 e. The van der Waals surface area contributed by atoms with Crippen molar-refractivity contribution in [2.24, 2.45) is 13.0 Å². The number of hydrogen-bond acceptors (Lipinski definition) is 7. The maximum Gasteiger partial charge on any atom is 0.241 e. The van der Waals surface area contributed by atoms with Gasteiger partial charge in [-0.15, -0.1) is 0 Å². The van der Waals surface area contributed by atoms with Crippen LogP contribution in [-0.4, -0.2) is 69.5 Å². The minimum absolute atomic E-state index is 0.0356. The zero-order chi connectivity index (χ0) is 20.8. The lowest BCUT2D eigenvalue weighted by Gasteiger charge is -2.35. The first kappa shape index (κ1) is 19.4. The van der Waals surface area contributed by atoms with Crippen LogP contribution in [0.5, 0.6) is 0 Å². The van der Waals surface area contributed by atoms with Gasteiger partial charge in [0.2, 0.25) is 5.91 Å². The Kier molecular flexibility index (Phi) is 4.90. The number of piperazine rings is 1. The van der Waals surface area contributed by atoms with Crippen molar-refractivity contribution in [3.8, 4) is 0 Å². The zero-order valence-corrected chi connectivity index (χ0v) is 17.2. The van der Waals surface area contributed by atoms with Crippen LogP contribution in [0, 0.1) is 5.92 Å². The van der Waals surface area contributed by atoms with Gasteiger partial charge < -0.3 is 9.80 Å². The molecule has 0 aromatic carbocycles. The van der Waals surface area contributed by atoms with Gasteiger partial charge in [0, 0.05) is 51.4 Å². The van der Waals surface area contributed by atoms with Crippen LogP contribution in [-0.2, 0) is 11.8 Å². The summed E-state index contributed by atoms with van der Waals surface area (Å²) < 4.78 is 16.6. The van der Waals surface area contributed by atoms with Crippen LogP contribution >= 0.6 is 0 Å². The Bertz CT molecular complexity index is 935. The van der Waals surface area contributed by atoms with E-state index in [4.69, 9.17) is 0 Å². The second-order valence-electron chi connectivity index (χ2n) is 8.62. The summed E-state index contributed by atoms with van der Waals surface area (Å²) in [6.07, 6.45) is 5.51. The number of carbonyl (C=O) groups is 1. The van der Waals surface area contributed by atoms with Gasteiger partial charge in [-0.2, -0.15) is 5.10 Å². The highest BCUT2D eigenvalue weighted by atomic mass is 19.1. The minimum Gasteiger partial charge on any atom is -0.345 e. The number of rotatable bonds is 3. The van der Waals surface area contributed by atoms with Crippen LogP contribution in [0.25, 0.3) is 0 Å². The average Bonchev–Trinajstić information content (AvgIpc) is 3.35. The van der Waals surface area contributed by atoms with Gasteiger partial charge in [0.25, 0.3) is 0 Å². The fourth-order valence-electron chi connectivity index (χ4n) is 4.95. The molecule has 0 radical (unpaired) electrons. The number of fused-ring (bicyclic) bond motifs is 1. The molecule has 5 rings (SSSR count). The first-order chi connectivity index (χ1) is 14.5. The molecule has 160 valence electrons. The third kappa shape index (κ3) is 3.43. The number of amides is 1. The topological polar surface area (TPSA) is 91.2 Å². The van der Waals surface area contributed by atoms with Gasteiger partial charge in [-0.1, -0.05) is 0 Å². The molecule has 2 aliphatic heterocycles. The van der Waals surface area contributed by atoms with Gasteiger partial charge in [0.15, 0.2) is 0 Å². The highest BCUT2D eigenvalue weighted by molar-refractivity contribution is 5.82. The van der Waals surface area contributed by atoms with Crippen molar-refractivity contribution in [2.75, 3.05) is 31.6 Å². The minimum atomic E-state index is -0.902. The van der Waals surface area contributed by atoms with E-state index < -0.39 is 6.17 Å². The van der Waals surface area contributed by atoms with E-state index in [1.165, 1.54) is 0 Å². The van der Waals surface area contributed by atoms with Crippen LogP contribution in [0.15, 0.2) is 24.8 Å². The summed E-state index contributed by atoms with van der Waals surface area (Å²) in [4.78, 5) is 24.7. The molecule has 9 nitrogen and oxygen atoms in total. The number of nitrogens with one attached hydrogen (secondary N) is 2. The van der Waals surface area contributed by atoms with Crippen molar-refractivity contribution in [1.82, 2.24) is 35.5 Å². The van der Waals surface area contributed by atoms with Gasteiger partial charge in [-0.05, 0) is 24.3 Å². The van der Waals surface area contributed by atoms with E-state index >= 15 is 0 Å². The third-order valence-corrected chi connectivity index (χ3v) is 6.74. The number of hydrogen-bond donors (Lipinski definition) is 2.